The van der Waals surface area contributed by atoms with E-state index in [9.17, 15) is 14.3 Å². The second-order valence-corrected chi connectivity index (χ2v) is 12.0. The molecule has 0 heterocycles. The van der Waals surface area contributed by atoms with Crippen LogP contribution >= 0.6 is 0 Å². The number of carboxylic acid groups (broad SMARTS) is 1. The first kappa shape index (κ1) is 21.3. The van der Waals surface area contributed by atoms with Crippen LogP contribution in [0.2, 0.25) is 5.04 Å². The number of benzene rings is 2. The molecule has 0 spiro atoms. The van der Waals surface area contributed by atoms with Crippen molar-refractivity contribution in [2.45, 2.75) is 44.5 Å². The van der Waals surface area contributed by atoms with Gasteiger partial charge in [-0.05, 0) is 15.4 Å². The van der Waals surface area contributed by atoms with Crippen molar-refractivity contribution in [2.24, 2.45) is 0 Å². The Morgan fingerprint density at radius 2 is 1.48 bits per heavy atom. The average Bonchev–Trinajstić information content (AvgIpc) is 2.62. The van der Waals surface area contributed by atoms with Gasteiger partial charge in [-0.2, -0.15) is 0 Å². The number of hydrogen-bond donors (Lipinski definition) is 2. The number of hydrogen-bond acceptors (Lipinski definition) is 3. The predicted molar refractivity (Wildman–Crippen MR) is 107 cm³/mol. The van der Waals surface area contributed by atoms with E-state index in [4.69, 9.17) is 9.53 Å². The van der Waals surface area contributed by atoms with E-state index in [2.05, 4.69) is 20.8 Å². The maximum absolute atomic E-state index is 13.5. The Balaban J connectivity index is 2.42. The molecule has 2 aromatic rings. The van der Waals surface area contributed by atoms with Crippen molar-refractivity contribution in [3.8, 4) is 0 Å². The molecule has 2 atom stereocenters. The third-order valence-corrected chi connectivity index (χ3v) is 9.66. The van der Waals surface area contributed by atoms with E-state index in [0.717, 1.165) is 10.4 Å². The Kier molecular flexibility index (Phi) is 6.92. The first-order valence-electron chi connectivity index (χ1n) is 8.98. The summed E-state index contributed by atoms with van der Waals surface area (Å²) in [5, 5.41) is 20.7. The SMILES string of the molecule is CC(C)(C)[Si](OC[C@@H](O)C[C@H](F)C(=O)O)(c1ccccc1)c1ccccc1. The number of halogens is 1. The number of carboxylic acids is 1. The first-order valence-corrected chi connectivity index (χ1v) is 10.9. The zero-order valence-electron chi connectivity index (χ0n) is 15.9. The molecule has 4 nitrogen and oxygen atoms in total. The van der Waals surface area contributed by atoms with Gasteiger partial charge in [0.25, 0.3) is 8.32 Å². The molecule has 0 aliphatic rings. The number of carbonyl (C=O) groups is 1. The van der Waals surface area contributed by atoms with E-state index < -0.39 is 33.0 Å². The lowest BCUT2D eigenvalue weighted by Crippen LogP contribution is -2.67. The number of aliphatic hydroxyl groups is 1. The molecule has 0 saturated heterocycles. The van der Waals surface area contributed by atoms with Crippen molar-refractivity contribution >= 4 is 24.7 Å². The van der Waals surface area contributed by atoms with E-state index in [1.165, 1.54) is 0 Å². The Morgan fingerprint density at radius 1 is 1.04 bits per heavy atom. The minimum atomic E-state index is -2.82. The molecule has 6 heteroatoms. The van der Waals surface area contributed by atoms with Gasteiger partial charge in [-0.1, -0.05) is 81.4 Å². The molecule has 0 aliphatic heterocycles. The topological polar surface area (TPSA) is 66.8 Å². The summed E-state index contributed by atoms with van der Waals surface area (Å²) in [6.07, 6.45) is -3.80. The molecule has 0 saturated carbocycles. The van der Waals surface area contributed by atoms with E-state index in [1.54, 1.807) is 0 Å². The second-order valence-electron chi connectivity index (χ2n) is 7.67. The summed E-state index contributed by atoms with van der Waals surface area (Å²) in [7, 11) is -2.82. The van der Waals surface area contributed by atoms with Crippen LogP contribution in [0.15, 0.2) is 60.7 Å². The molecule has 0 aliphatic carbocycles. The highest BCUT2D eigenvalue weighted by Gasteiger charge is 2.50. The van der Waals surface area contributed by atoms with Crippen LogP contribution in [0.1, 0.15) is 27.2 Å². The van der Waals surface area contributed by atoms with Crippen LogP contribution in [-0.4, -0.2) is 43.4 Å². The molecule has 0 fully saturated rings. The lowest BCUT2D eigenvalue weighted by atomic mass is 10.2. The van der Waals surface area contributed by atoms with Gasteiger partial charge in [-0.3, -0.25) is 0 Å². The van der Waals surface area contributed by atoms with Gasteiger partial charge in [-0.25, -0.2) is 9.18 Å². The average molecular weight is 391 g/mol. The minimum absolute atomic E-state index is 0.124. The van der Waals surface area contributed by atoms with Gasteiger partial charge in [0.1, 0.15) is 0 Å². The van der Waals surface area contributed by atoms with Crippen molar-refractivity contribution in [2.75, 3.05) is 6.61 Å². The highest BCUT2D eigenvalue weighted by Crippen LogP contribution is 2.36. The van der Waals surface area contributed by atoms with Crippen LogP contribution < -0.4 is 10.4 Å². The maximum atomic E-state index is 13.5. The number of rotatable bonds is 8. The molecule has 0 aromatic heterocycles. The predicted octanol–water partition coefficient (Wildman–Crippen LogP) is 2.74. The summed E-state index contributed by atoms with van der Waals surface area (Å²) in [6.45, 7) is 6.17. The van der Waals surface area contributed by atoms with Crippen LogP contribution in [0.5, 0.6) is 0 Å². The third-order valence-electron chi connectivity index (χ3n) is 4.66. The molecule has 0 unspecified atom stereocenters. The van der Waals surface area contributed by atoms with Crippen LogP contribution in [0.4, 0.5) is 4.39 Å². The van der Waals surface area contributed by atoms with Crippen molar-refractivity contribution in [3.63, 3.8) is 0 Å². The van der Waals surface area contributed by atoms with Gasteiger partial charge in [0.2, 0.25) is 0 Å². The standard InChI is InChI=1S/C21H27FO4Si/c1-21(2,3)27(17-10-6-4-7-11-17,18-12-8-5-9-13-18)26-15-16(23)14-19(22)20(24)25/h4-13,16,19,23H,14-15H2,1-3H3,(H,24,25)/t16-,19-/m0/s1. The zero-order valence-corrected chi connectivity index (χ0v) is 16.9. The molecule has 2 N–H and O–H groups in total. The number of aliphatic carboxylic acids is 1. The fourth-order valence-electron chi connectivity index (χ4n) is 3.39. The lowest BCUT2D eigenvalue weighted by Gasteiger charge is -2.43. The molecule has 0 radical (unpaired) electrons. The Morgan fingerprint density at radius 3 is 1.85 bits per heavy atom. The molecule has 2 aromatic carbocycles. The molecular weight excluding hydrogens is 363 g/mol. The van der Waals surface area contributed by atoms with Gasteiger partial charge >= 0.3 is 5.97 Å². The molecule has 0 amide bonds. The summed E-state index contributed by atoms with van der Waals surface area (Å²) in [6, 6.07) is 19.8. The molecule has 2 rings (SSSR count). The van der Waals surface area contributed by atoms with Crippen LogP contribution in [0.25, 0.3) is 0 Å². The molecule has 146 valence electrons. The molecular formula is C21H27FO4Si. The van der Waals surface area contributed by atoms with Gasteiger partial charge in [0, 0.05) is 6.42 Å². The van der Waals surface area contributed by atoms with E-state index in [-0.39, 0.29) is 11.6 Å². The highest BCUT2D eigenvalue weighted by molar-refractivity contribution is 6.99. The number of alkyl halides is 1. The minimum Gasteiger partial charge on any atom is -0.479 e. The lowest BCUT2D eigenvalue weighted by molar-refractivity contribution is -0.144. The van der Waals surface area contributed by atoms with Gasteiger partial charge in [-0.15, -0.1) is 0 Å². The van der Waals surface area contributed by atoms with Crippen molar-refractivity contribution < 1.29 is 23.8 Å². The Labute approximate surface area is 160 Å². The van der Waals surface area contributed by atoms with Gasteiger partial charge in [0.15, 0.2) is 6.17 Å². The normalized spacial score (nSPS) is 14.6. The van der Waals surface area contributed by atoms with E-state index in [0.29, 0.717) is 0 Å². The van der Waals surface area contributed by atoms with Gasteiger partial charge in [0.05, 0.1) is 12.7 Å². The summed E-state index contributed by atoms with van der Waals surface area (Å²) in [5.41, 5.74) is 0. The smallest absolute Gasteiger partial charge is 0.338 e. The number of aliphatic hydroxyl groups excluding tert-OH is 1. The van der Waals surface area contributed by atoms with Crippen LogP contribution in [0.3, 0.4) is 0 Å². The summed E-state index contributed by atoms with van der Waals surface area (Å²) < 4.78 is 19.9. The first-order chi connectivity index (χ1) is 12.7. The van der Waals surface area contributed by atoms with Crippen LogP contribution in [-0.2, 0) is 9.22 Å². The van der Waals surface area contributed by atoms with E-state index in [1.807, 2.05) is 60.7 Å². The summed E-state index contributed by atoms with van der Waals surface area (Å²) >= 11 is 0. The second kappa shape index (κ2) is 8.78. The maximum Gasteiger partial charge on any atom is 0.338 e. The van der Waals surface area contributed by atoms with E-state index >= 15 is 0 Å². The quantitative estimate of drug-likeness (QED) is 0.680. The third kappa shape index (κ3) is 4.83. The summed E-state index contributed by atoms with van der Waals surface area (Å²) in [4.78, 5) is 10.7. The van der Waals surface area contributed by atoms with Crippen molar-refractivity contribution in [1.29, 1.82) is 0 Å². The summed E-state index contributed by atoms with van der Waals surface area (Å²) in [5.74, 6) is -1.57. The zero-order chi connectivity index (χ0) is 20.1. The highest BCUT2D eigenvalue weighted by atomic mass is 28.4. The Hall–Kier alpha value is -2.02. The van der Waals surface area contributed by atoms with Crippen molar-refractivity contribution in [3.05, 3.63) is 60.7 Å². The fourth-order valence-corrected chi connectivity index (χ4v) is 7.99. The molecule has 0 bridgehead atoms. The van der Waals surface area contributed by atoms with Crippen LogP contribution in [0, 0.1) is 0 Å². The Bertz CT molecular complexity index is 691. The van der Waals surface area contributed by atoms with Crippen molar-refractivity contribution in [1.82, 2.24) is 0 Å². The van der Waals surface area contributed by atoms with Gasteiger partial charge < -0.3 is 14.6 Å². The fraction of sp³-hybridized carbons (Fsp3) is 0.381. The molecule has 27 heavy (non-hydrogen) atoms. The monoisotopic (exact) mass is 390 g/mol. The largest absolute Gasteiger partial charge is 0.479 e.